The molecule has 0 aromatic heterocycles. The highest BCUT2D eigenvalue weighted by Crippen LogP contribution is 2.66. The van der Waals surface area contributed by atoms with Gasteiger partial charge in [-0.15, -0.1) is 0 Å². The number of aldehydes is 1. The first kappa shape index (κ1) is 21.8. The summed E-state index contributed by atoms with van der Waals surface area (Å²) < 4.78 is 5.90. The molecular weight excluding hydrogens is 352 g/mol. The second-order valence-electron chi connectivity index (χ2n) is 10.3. The van der Waals surface area contributed by atoms with Gasteiger partial charge >= 0.3 is 5.97 Å². The van der Waals surface area contributed by atoms with Crippen molar-refractivity contribution in [2.45, 2.75) is 97.0 Å². The number of carboxylic acid groups (broad SMARTS) is 1. The SMILES string of the molecule is COC1CCC2C3CCC4CCCCC4(C)C3CCC12C.O=CCCC(=O)O. The molecule has 0 saturated heterocycles. The first-order valence-corrected chi connectivity index (χ1v) is 11.5. The molecule has 0 bridgehead atoms. The number of aliphatic carboxylic acids is 1. The maximum Gasteiger partial charge on any atom is 0.303 e. The van der Waals surface area contributed by atoms with Gasteiger partial charge in [-0.1, -0.05) is 26.7 Å². The number of ether oxygens (including phenoxy) is 1. The molecule has 4 aliphatic rings. The van der Waals surface area contributed by atoms with Crippen LogP contribution in [-0.4, -0.2) is 30.6 Å². The van der Waals surface area contributed by atoms with E-state index in [-0.39, 0.29) is 12.8 Å². The number of hydrogen-bond donors (Lipinski definition) is 1. The summed E-state index contributed by atoms with van der Waals surface area (Å²) in [4.78, 5) is 19.0. The van der Waals surface area contributed by atoms with Crippen LogP contribution in [0.1, 0.15) is 90.9 Å². The monoisotopic (exact) mass is 392 g/mol. The smallest absolute Gasteiger partial charge is 0.303 e. The Labute approximate surface area is 170 Å². The summed E-state index contributed by atoms with van der Waals surface area (Å²) in [6, 6.07) is 0. The van der Waals surface area contributed by atoms with Crippen LogP contribution in [0.5, 0.6) is 0 Å². The molecule has 4 nitrogen and oxygen atoms in total. The second-order valence-corrected chi connectivity index (χ2v) is 10.3. The number of carbonyl (C=O) groups excluding carboxylic acids is 1. The van der Waals surface area contributed by atoms with Crippen molar-refractivity contribution in [3.63, 3.8) is 0 Å². The van der Waals surface area contributed by atoms with Gasteiger partial charge in [0.2, 0.25) is 0 Å². The summed E-state index contributed by atoms with van der Waals surface area (Å²) in [6.07, 6.45) is 16.0. The van der Waals surface area contributed by atoms with E-state index in [0.717, 1.165) is 23.7 Å². The number of carboxylic acids is 1. The first-order valence-electron chi connectivity index (χ1n) is 11.5. The molecule has 4 rings (SSSR count). The number of carbonyl (C=O) groups is 2. The van der Waals surface area contributed by atoms with E-state index in [4.69, 9.17) is 9.84 Å². The van der Waals surface area contributed by atoms with Crippen molar-refractivity contribution < 1.29 is 19.4 Å². The Morgan fingerprint density at radius 3 is 2.39 bits per heavy atom. The highest BCUT2D eigenvalue weighted by atomic mass is 16.5. The predicted octanol–water partition coefficient (Wildman–Crippen LogP) is 5.48. The largest absolute Gasteiger partial charge is 0.481 e. The molecule has 4 saturated carbocycles. The third-order valence-corrected chi connectivity index (χ3v) is 9.26. The molecule has 0 radical (unpaired) electrons. The molecule has 4 heteroatoms. The van der Waals surface area contributed by atoms with Crippen LogP contribution in [-0.2, 0) is 14.3 Å². The first-order chi connectivity index (χ1) is 13.4. The fraction of sp³-hybridized carbons (Fsp3) is 0.917. The Morgan fingerprint density at radius 1 is 1.00 bits per heavy atom. The fourth-order valence-corrected chi connectivity index (χ4v) is 7.82. The molecule has 28 heavy (non-hydrogen) atoms. The summed E-state index contributed by atoms with van der Waals surface area (Å²) in [5.74, 6) is 3.14. The Kier molecular flexibility index (Phi) is 6.89. The van der Waals surface area contributed by atoms with E-state index in [2.05, 4.69) is 13.8 Å². The van der Waals surface area contributed by atoms with Gasteiger partial charge in [-0.2, -0.15) is 0 Å². The minimum absolute atomic E-state index is 0.0521. The maximum atomic E-state index is 9.60. The van der Waals surface area contributed by atoms with Crippen LogP contribution in [0.3, 0.4) is 0 Å². The molecule has 0 aliphatic heterocycles. The van der Waals surface area contributed by atoms with E-state index < -0.39 is 5.97 Å². The zero-order valence-corrected chi connectivity index (χ0v) is 18.1. The fourth-order valence-electron chi connectivity index (χ4n) is 7.82. The second kappa shape index (κ2) is 8.85. The van der Waals surface area contributed by atoms with E-state index in [1.807, 2.05) is 7.11 Å². The van der Waals surface area contributed by atoms with Crippen molar-refractivity contribution in [1.82, 2.24) is 0 Å². The number of rotatable bonds is 4. The van der Waals surface area contributed by atoms with Crippen LogP contribution in [0.4, 0.5) is 0 Å². The molecule has 4 aliphatic carbocycles. The van der Waals surface area contributed by atoms with Crippen molar-refractivity contribution in [3.8, 4) is 0 Å². The lowest BCUT2D eigenvalue weighted by Gasteiger charge is -2.60. The topological polar surface area (TPSA) is 63.6 Å². The maximum absolute atomic E-state index is 9.60. The molecule has 0 amide bonds. The van der Waals surface area contributed by atoms with Crippen LogP contribution >= 0.6 is 0 Å². The van der Waals surface area contributed by atoms with E-state index in [1.54, 1.807) is 0 Å². The Bertz CT molecular complexity index is 561. The van der Waals surface area contributed by atoms with Crippen molar-refractivity contribution >= 4 is 12.3 Å². The summed E-state index contributed by atoms with van der Waals surface area (Å²) in [7, 11) is 1.95. The molecule has 4 fully saturated rings. The van der Waals surface area contributed by atoms with Gasteiger partial charge in [-0.3, -0.25) is 4.79 Å². The number of fused-ring (bicyclic) bond motifs is 5. The van der Waals surface area contributed by atoms with Gasteiger partial charge in [0.1, 0.15) is 6.29 Å². The van der Waals surface area contributed by atoms with Crippen LogP contribution in [0.2, 0.25) is 0 Å². The van der Waals surface area contributed by atoms with E-state index in [0.29, 0.717) is 23.2 Å². The molecule has 0 aromatic carbocycles. The van der Waals surface area contributed by atoms with Gasteiger partial charge in [0.15, 0.2) is 0 Å². The van der Waals surface area contributed by atoms with Gasteiger partial charge in [-0.25, -0.2) is 0 Å². The summed E-state index contributed by atoms with van der Waals surface area (Å²) in [5.41, 5.74) is 1.18. The average molecular weight is 393 g/mol. The van der Waals surface area contributed by atoms with E-state index in [1.165, 1.54) is 64.2 Å². The zero-order chi connectivity index (χ0) is 20.4. The summed E-state index contributed by atoms with van der Waals surface area (Å²) >= 11 is 0. The Morgan fingerprint density at radius 2 is 1.75 bits per heavy atom. The Balaban J connectivity index is 0.000000279. The van der Waals surface area contributed by atoms with E-state index in [9.17, 15) is 9.59 Å². The lowest BCUT2D eigenvalue weighted by molar-refractivity contribution is -0.137. The minimum atomic E-state index is -0.924. The van der Waals surface area contributed by atoms with Crippen molar-refractivity contribution in [2.75, 3.05) is 7.11 Å². The highest BCUT2D eigenvalue weighted by molar-refractivity contribution is 5.70. The molecular formula is C24H40O4. The lowest BCUT2D eigenvalue weighted by Crippen LogP contribution is -2.53. The third-order valence-electron chi connectivity index (χ3n) is 9.26. The van der Waals surface area contributed by atoms with E-state index >= 15 is 0 Å². The zero-order valence-electron chi connectivity index (χ0n) is 18.1. The molecule has 7 atom stereocenters. The van der Waals surface area contributed by atoms with Crippen LogP contribution in [0, 0.1) is 34.5 Å². The highest BCUT2D eigenvalue weighted by Gasteiger charge is 2.59. The molecule has 7 unspecified atom stereocenters. The molecule has 1 N–H and O–H groups in total. The predicted molar refractivity (Wildman–Crippen MR) is 110 cm³/mol. The summed E-state index contributed by atoms with van der Waals surface area (Å²) in [6.45, 7) is 5.24. The van der Waals surface area contributed by atoms with Crippen molar-refractivity contribution in [3.05, 3.63) is 0 Å². The van der Waals surface area contributed by atoms with Crippen LogP contribution in [0.15, 0.2) is 0 Å². The van der Waals surface area contributed by atoms with Gasteiger partial charge in [0.05, 0.1) is 12.5 Å². The average Bonchev–Trinajstić information content (AvgIpc) is 3.02. The third kappa shape index (κ3) is 3.91. The lowest BCUT2D eigenvalue weighted by atomic mass is 9.45. The molecule has 160 valence electrons. The van der Waals surface area contributed by atoms with Gasteiger partial charge in [0, 0.05) is 13.5 Å². The minimum Gasteiger partial charge on any atom is -0.481 e. The molecule has 0 aromatic rings. The number of hydrogen-bond acceptors (Lipinski definition) is 3. The standard InChI is InChI=1S/C20H34O.C4H6O3/c1-19-12-5-4-6-14(19)7-8-15-16-9-10-18(21-3)20(16,2)13-11-17(15)19;5-3-1-2-4(6)7/h14-18H,4-13H2,1-3H3;3H,1-2H2,(H,6,7). The quantitative estimate of drug-likeness (QED) is 0.643. The van der Waals surface area contributed by atoms with Crippen molar-refractivity contribution in [2.24, 2.45) is 34.5 Å². The molecule has 0 heterocycles. The Hall–Kier alpha value is -0.900. The molecule has 0 spiro atoms. The van der Waals surface area contributed by atoms with Crippen molar-refractivity contribution in [1.29, 1.82) is 0 Å². The van der Waals surface area contributed by atoms with Gasteiger partial charge < -0.3 is 14.6 Å². The van der Waals surface area contributed by atoms with Gasteiger partial charge in [-0.05, 0) is 85.9 Å². The number of methoxy groups -OCH3 is 1. The normalized spacial score (nSPS) is 44.3. The summed E-state index contributed by atoms with van der Waals surface area (Å²) in [5, 5.41) is 7.89. The van der Waals surface area contributed by atoms with Crippen LogP contribution in [0.25, 0.3) is 0 Å². The van der Waals surface area contributed by atoms with Crippen LogP contribution < -0.4 is 0 Å². The van der Waals surface area contributed by atoms with Gasteiger partial charge in [0.25, 0.3) is 0 Å².